The molecule has 0 heteroatoms. The Balaban J connectivity index is 0.000000163. The summed E-state index contributed by atoms with van der Waals surface area (Å²) >= 11 is 0. The van der Waals surface area contributed by atoms with Gasteiger partial charge in [-0.2, -0.15) is 0 Å². The molecule has 0 saturated heterocycles. The van der Waals surface area contributed by atoms with Crippen molar-refractivity contribution < 1.29 is 0 Å². The third kappa shape index (κ3) is 24.1. The predicted octanol–water partition coefficient (Wildman–Crippen LogP) is 18.9. The van der Waals surface area contributed by atoms with Crippen molar-refractivity contribution in [2.45, 2.75) is 12.8 Å². The van der Waals surface area contributed by atoms with Crippen LogP contribution in [0.3, 0.4) is 0 Å². The van der Waals surface area contributed by atoms with Crippen molar-refractivity contribution >= 4 is 36.5 Å². The average molecular weight is 929 g/mol. The summed E-state index contributed by atoms with van der Waals surface area (Å²) in [6.07, 6.45) is 14.4. The standard InChI is InChI=1S/C14H14.2C14H12.C14H10.2C8H8/c4*1-3-7-13(8-4-1)11-12-14-9-5-2-6-10-14;2*1-2-8-6-4-3-5-7-8/h1-10H,11-12H2;2*1-12H;1-10H;2*2-7H,1H2/b;12-11+;12-11-;;;. The molecule has 0 spiro atoms. The maximum atomic E-state index is 3.63. The molecule has 0 heterocycles. The van der Waals surface area contributed by atoms with Crippen molar-refractivity contribution in [1.29, 1.82) is 0 Å². The topological polar surface area (TPSA) is 0 Å². The molecule has 0 saturated carbocycles. The van der Waals surface area contributed by atoms with Crippen LogP contribution in [0.5, 0.6) is 0 Å². The molecule has 10 aromatic rings. The molecular formula is C72H64. The Kier molecular flexibility index (Phi) is 26.0. The van der Waals surface area contributed by atoms with Gasteiger partial charge in [-0.05, 0) is 81.6 Å². The Morgan fingerprint density at radius 3 is 0.597 bits per heavy atom. The van der Waals surface area contributed by atoms with E-state index in [0.717, 1.165) is 24.0 Å². The van der Waals surface area contributed by atoms with Crippen LogP contribution < -0.4 is 0 Å². The summed E-state index contributed by atoms with van der Waals surface area (Å²) in [6.45, 7) is 7.26. The lowest BCUT2D eigenvalue weighted by atomic mass is 10.0. The fraction of sp³-hybridized carbons (Fsp3) is 0.0278. The van der Waals surface area contributed by atoms with E-state index in [4.69, 9.17) is 0 Å². The van der Waals surface area contributed by atoms with Crippen molar-refractivity contribution in [3.05, 3.63) is 372 Å². The largest absolute Gasteiger partial charge is 0.0985 e. The molecule has 0 aromatic heterocycles. The molecule has 0 radical (unpaired) electrons. The van der Waals surface area contributed by atoms with Crippen LogP contribution in [0.4, 0.5) is 0 Å². The van der Waals surface area contributed by atoms with Gasteiger partial charge in [-0.25, -0.2) is 0 Å². The Hall–Kier alpha value is -9.28. The summed E-state index contributed by atoms with van der Waals surface area (Å²) in [5, 5.41) is 0. The minimum absolute atomic E-state index is 1.05. The molecular weight excluding hydrogens is 865 g/mol. The first-order valence-electron chi connectivity index (χ1n) is 24.3. The molecule has 0 aliphatic rings. The maximum Gasteiger partial charge on any atom is 0.0249 e. The van der Waals surface area contributed by atoms with Gasteiger partial charge in [-0.3, -0.25) is 0 Å². The van der Waals surface area contributed by atoms with Gasteiger partial charge in [0.2, 0.25) is 0 Å². The second-order valence-electron chi connectivity index (χ2n) is 16.0. The number of hydrogen-bond acceptors (Lipinski definition) is 0. The third-order valence-electron chi connectivity index (χ3n) is 10.5. The molecule has 352 valence electrons. The first-order chi connectivity index (χ1) is 35.7. The summed E-state index contributed by atoms with van der Waals surface area (Å²) in [4.78, 5) is 0. The van der Waals surface area contributed by atoms with Gasteiger partial charge >= 0.3 is 0 Å². The molecule has 0 aliphatic carbocycles. The molecule has 0 nitrogen and oxygen atoms in total. The van der Waals surface area contributed by atoms with E-state index in [1.165, 1.54) is 44.5 Å². The maximum absolute atomic E-state index is 3.63. The molecule has 0 bridgehead atoms. The zero-order valence-corrected chi connectivity index (χ0v) is 41.2. The highest BCUT2D eigenvalue weighted by atomic mass is 14.0. The number of benzene rings is 10. The van der Waals surface area contributed by atoms with Gasteiger partial charge in [0.15, 0.2) is 0 Å². The van der Waals surface area contributed by atoms with Crippen LogP contribution in [0.25, 0.3) is 36.5 Å². The molecule has 10 rings (SSSR count). The normalized spacial score (nSPS) is 9.67. The monoisotopic (exact) mass is 929 g/mol. The van der Waals surface area contributed by atoms with Crippen LogP contribution in [0.1, 0.15) is 55.6 Å². The van der Waals surface area contributed by atoms with Crippen LogP contribution in [0.15, 0.2) is 316 Å². The van der Waals surface area contributed by atoms with Crippen LogP contribution >= 0.6 is 0 Å². The molecule has 0 aliphatic heterocycles. The third-order valence-corrected chi connectivity index (χ3v) is 10.5. The van der Waals surface area contributed by atoms with E-state index in [1.54, 1.807) is 0 Å². The molecule has 10 aromatic carbocycles. The molecule has 0 atom stereocenters. The summed E-state index contributed by atoms with van der Waals surface area (Å²) < 4.78 is 0. The van der Waals surface area contributed by atoms with E-state index in [0.29, 0.717) is 0 Å². The zero-order chi connectivity index (χ0) is 50.2. The predicted molar refractivity (Wildman–Crippen MR) is 316 cm³/mol. The zero-order valence-electron chi connectivity index (χ0n) is 41.2. The van der Waals surface area contributed by atoms with Crippen LogP contribution in [-0.4, -0.2) is 0 Å². The fourth-order valence-corrected chi connectivity index (χ4v) is 6.59. The summed E-state index contributed by atoms with van der Waals surface area (Å²) in [6, 6.07) is 103. The van der Waals surface area contributed by atoms with Crippen molar-refractivity contribution in [3.63, 3.8) is 0 Å². The summed E-state index contributed by atoms with van der Waals surface area (Å²) in [5.74, 6) is 6.22. The van der Waals surface area contributed by atoms with Crippen LogP contribution in [-0.2, 0) is 12.8 Å². The first kappa shape index (κ1) is 53.7. The average Bonchev–Trinajstić information content (AvgIpc) is 3.48. The van der Waals surface area contributed by atoms with Gasteiger partial charge in [0.05, 0.1) is 0 Å². The number of aryl methyl sites for hydroxylation is 2. The quantitative estimate of drug-likeness (QED) is 0.0999. The highest BCUT2D eigenvalue weighted by Crippen LogP contribution is 2.10. The lowest BCUT2D eigenvalue weighted by molar-refractivity contribution is 0.960. The van der Waals surface area contributed by atoms with Crippen LogP contribution in [0, 0.1) is 11.8 Å². The van der Waals surface area contributed by atoms with Gasteiger partial charge in [0.25, 0.3) is 0 Å². The Morgan fingerprint density at radius 2 is 0.403 bits per heavy atom. The SMILES string of the molecule is C(#Cc1ccccc1)c1ccccc1.C(=C/c1ccccc1)/c1ccccc1.C(=C\c1ccccc1)/c1ccccc1.C=Cc1ccccc1.C=Cc1ccccc1.c1ccc(CCc2ccccc2)cc1. The van der Waals surface area contributed by atoms with Crippen molar-refractivity contribution in [3.8, 4) is 11.8 Å². The van der Waals surface area contributed by atoms with E-state index >= 15 is 0 Å². The smallest absolute Gasteiger partial charge is 0.0249 e. The van der Waals surface area contributed by atoms with E-state index in [-0.39, 0.29) is 0 Å². The minimum atomic E-state index is 1.05. The Labute approximate surface area is 431 Å². The number of rotatable bonds is 9. The van der Waals surface area contributed by atoms with Gasteiger partial charge < -0.3 is 0 Å². The van der Waals surface area contributed by atoms with Gasteiger partial charge in [-0.15, -0.1) is 0 Å². The molecule has 0 N–H and O–H groups in total. The van der Waals surface area contributed by atoms with Crippen molar-refractivity contribution in [1.82, 2.24) is 0 Å². The van der Waals surface area contributed by atoms with E-state index in [9.17, 15) is 0 Å². The molecule has 0 fully saturated rings. The molecule has 0 amide bonds. The molecule has 72 heavy (non-hydrogen) atoms. The van der Waals surface area contributed by atoms with Crippen LogP contribution in [0.2, 0.25) is 0 Å². The van der Waals surface area contributed by atoms with Crippen molar-refractivity contribution in [2.24, 2.45) is 0 Å². The summed E-state index contributed by atoms with van der Waals surface area (Å²) in [5.41, 5.74) is 12.2. The highest BCUT2D eigenvalue weighted by Gasteiger charge is 1.94. The molecule has 0 unspecified atom stereocenters. The first-order valence-corrected chi connectivity index (χ1v) is 24.3. The minimum Gasteiger partial charge on any atom is -0.0985 e. The highest BCUT2D eigenvalue weighted by molar-refractivity contribution is 5.70. The van der Waals surface area contributed by atoms with Gasteiger partial charge in [0, 0.05) is 11.1 Å². The fourth-order valence-electron chi connectivity index (χ4n) is 6.59. The van der Waals surface area contributed by atoms with E-state index < -0.39 is 0 Å². The number of hydrogen-bond donors (Lipinski definition) is 0. The van der Waals surface area contributed by atoms with Gasteiger partial charge in [0.1, 0.15) is 0 Å². The van der Waals surface area contributed by atoms with E-state index in [2.05, 4.69) is 158 Å². The Bertz CT molecular complexity index is 2720. The van der Waals surface area contributed by atoms with E-state index in [1.807, 2.05) is 206 Å². The van der Waals surface area contributed by atoms with Crippen molar-refractivity contribution in [2.75, 3.05) is 0 Å². The lowest BCUT2D eigenvalue weighted by Gasteiger charge is -2.01. The lowest BCUT2D eigenvalue weighted by Crippen LogP contribution is -1.89. The second kappa shape index (κ2) is 34.9. The summed E-state index contributed by atoms with van der Waals surface area (Å²) in [7, 11) is 0. The Morgan fingerprint density at radius 1 is 0.222 bits per heavy atom. The second-order valence-corrected chi connectivity index (χ2v) is 16.0. The van der Waals surface area contributed by atoms with Gasteiger partial charge in [-0.1, -0.05) is 341 Å².